The number of likely N-dealkylation sites (tertiary alicyclic amines) is 1. The monoisotopic (exact) mass is 340 g/mol. The molecule has 24 heavy (non-hydrogen) atoms. The molecule has 8 heteroatoms. The van der Waals surface area contributed by atoms with Crippen LogP contribution < -0.4 is 4.74 Å². The zero-order valence-corrected chi connectivity index (χ0v) is 12.3. The molecule has 0 bridgehead atoms. The lowest BCUT2D eigenvalue weighted by molar-refractivity contribution is -0.140. The van der Waals surface area contributed by atoms with Crippen LogP contribution in [-0.2, 0) is 6.18 Å². The molecule has 126 valence electrons. The molecule has 1 aromatic heterocycles. The van der Waals surface area contributed by atoms with Gasteiger partial charge in [-0.2, -0.15) is 13.2 Å². The molecule has 0 aliphatic carbocycles. The van der Waals surface area contributed by atoms with Gasteiger partial charge in [0, 0.05) is 6.20 Å². The second-order valence-electron chi connectivity index (χ2n) is 5.28. The first-order chi connectivity index (χ1) is 11.4. The number of rotatable bonds is 3. The minimum Gasteiger partial charge on any atom is -0.470 e. The number of pyridine rings is 1. The van der Waals surface area contributed by atoms with Crippen LogP contribution in [0.4, 0.5) is 17.6 Å². The molecular formula is C16H12F4N2O2. The van der Waals surface area contributed by atoms with Gasteiger partial charge in [0.05, 0.1) is 18.7 Å². The summed E-state index contributed by atoms with van der Waals surface area (Å²) < 4.78 is 57.4. The maximum atomic E-state index is 13.6. The molecule has 0 atom stereocenters. The SMILES string of the molecule is O=C(c1ccccc1F)N1CC(Oc2ncccc2C(F)(F)F)C1. The van der Waals surface area contributed by atoms with Crippen LogP contribution in [0, 0.1) is 5.82 Å². The Morgan fingerprint density at radius 2 is 1.88 bits per heavy atom. The minimum atomic E-state index is -4.57. The Kier molecular flexibility index (Phi) is 4.13. The molecule has 0 saturated carbocycles. The van der Waals surface area contributed by atoms with Crippen LogP contribution in [0.5, 0.6) is 5.88 Å². The van der Waals surface area contributed by atoms with E-state index in [0.29, 0.717) is 0 Å². The van der Waals surface area contributed by atoms with Crippen LogP contribution in [0.2, 0.25) is 0 Å². The maximum Gasteiger partial charge on any atom is 0.421 e. The lowest BCUT2D eigenvalue weighted by Gasteiger charge is -2.39. The van der Waals surface area contributed by atoms with E-state index in [0.717, 1.165) is 6.07 Å². The maximum absolute atomic E-state index is 13.6. The van der Waals surface area contributed by atoms with Gasteiger partial charge in [0.2, 0.25) is 5.88 Å². The van der Waals surface area contributed by atoms with E-state index in [-0.39, 0.29) is 18.7 Å². The number of carbonyl (C=O) groups is 1. The number of hydrogen-bond donors (Lipinski definition) is 0. The molecule has 1 fully saturated rings. The number of hydrogen-bond acceptors (Lipinski definition) is 3. The van der Waals surface area contributed by atoms with Crippen LogP contribution in [0.15, 0.2) is 42.6 Å². The van der Waals surface area contributed by atoms with E-state index in [2.05, 4.69) is 4.98 Å². The predicted octanol–water partition coefficient (Wildman–Crippen LogP) is 3.14. The summed E-state index contributed by atoms with van der Waals surface area (Å²) in [5.74, 6) is -1.69. The first kappa shape index (κ1) is 16.2. The van der Waals surface area contributed by atoms with E-state index >= 15 is 0 Å². The summed E-state index contributed by atoms with van der Waals surface area (Å²) >= 11 is 0. The smallest absolute Gasteiger partial charge is 0.421 e. The van der Waals surface area contributed by atoms with Gasteiger partial charge in [0.15, 0.2) is 0 Å². The van der Waals surface area contributed by atoms with Gasteiger partial charge in [-0.05, 0) is 24.3 Å². The first-order valence-electron chi connectivity index (χ1n) is 7.09. The van der Waals surface area contributed by atoms with E-state index < -0.39 is 35.4 Å². The van der Waals surface area contributed by atoms with Crippen LogP contribution >= 0.6 is 0 Å². The predicted molar refractivity (Wildman–Crippen MR) is 76.0 cm³/mol. The van der Waals surface area contributed by atoms with Crippen LogP contribution in [-0.4, -0.2) is 35.0 Å². The lowest BCUT2D eigenvalue weighted by Crippen LogP contribution is -2.56. The second kappa shape index (κ2) is 6.10. The minimum absolute atomic E-state index is 0.0705. The van der Waals surface area contributed by atoms with Gasteiger partial charge < -0.3 is 9.64 Å². The summed E-state index contributed by atoms with van der Waals surface area (Å²) in [6.07, 6.45) is -3.99. The molecule has 0 N–H and O–H groups in total. The zero-order chi connectivity index (χ0) is 17.3. The molecule has 2 aromatic rings. The van der Waals surface area contributed by atoms with E-state index in [1.807, 2.05) is 0 Å². The van der Waals surface area contributed by atoms with E-state index in [1.54, 1.807) is 0 Å². The fourth-order valence-electron chi connectivity index (χ4n) is 2.34. The number of benzene rings is 1. The highest BCUT2D eigenvalue weighted by atomic mass is 19.4. The van der Waals surface area contributed by atoms with Crippen molar-refractivity contribution in [1.29, 1.82) is 0 Å². The van der Waals surface area contributed by atoms with Crippen LogP contribution in [0.3, 0.4) is 0 Å². The molecule has 1 saturated heterocycles. The Morgan fingerprint density at radius 1 is 1.17 bits per heavy atom. The highest BCUT2D eigenvalue weighted by molar-refractivity contribution is 5.95. The van der Waals surface area contributed by atoms with Crippen LogP contribution in [0.1, 0.15) is 15.9 Å². The van der Waals surface area contributed by atoms with Crippen molar-refractivity contribution in [3.8, 4) is 5.88 Å². The molecule has 1 amide bonds. The molecule has 3 rings (SSSR count). The average Bonchev–Trinajstić information content (AvgIpc) is 2.50. The quantitative estimate of drug-likeness (QED) is 0.806. The lowest BCUT2D eigenvalue weighted by atomic mass is 10.1. The summed E-state index contributed by atoms with van der Waals surface area (Å²) in [6.45, 7) is 0.141. The Bertz CT molecular complexity index is 758. The first-order valence-corrected chi connectivity index (χ1v) is 7.09. The largest absolute Gasteiger partial charge is 0.470 e. The summed E-state index contributed by atoms with van der Waals surface area (Å²) in [5, 5.41) is 0. The topological polar surface area (TPSA) is 42.4 Å². The summed E-state index contributed by atoms with van der Waals surface area (Å²) in [4.78, 5) is 17.0. The molecule has 1 aromatic carbocycles. The third kappa shape index (κ3) is 3.17. The molecule has 1 aliphatic rings. The van der Waals surface area contributed by atoms with Crippen molar-refractivity contribution < 1.29 is 27.1 Å². The molecule has 0 unspecified atom stereocenters. The Hall–Kier alpha value is -2.64. The van der Waals surface area contributed by atoms with Crippen LogP contribution in [0.25, 0.3) is 0 Å². The molecule has 1 aliphatic heterocycles. The molecule has 2 heterocycles. The van der Waals surface area contributed by atoms with E-state index in [1.165, 1.54) is 41.4 Å². The van der Waals surface area contributed by atoms with Gasteiger partial charge in [-0.3, -0.25) is 4.79 Å². The summed E-state index contributed by atoms with van der Waals surface area (Å²) in [7, 11) is 0. The zero-order valence-electron chi connectivity index (χ0n) is 12.3. The molecular weight excluding hydrogens is 328 g/mol. The number of alkyl halides is 3. The summed E-state index contributed by atoms with van der Waals surface area (Å²) in [5.41, 5.74) is -1.05. The van der Waals surface area contributed by atoms with E-state index in [9.17, 15) is 22.4 Å². The van der Waals surface area contributed by atoms with Gasteiger partial charge in [0.1, 0.15) is 17.5 Å². The second-order valence-corrected chi connectivity index (χ2v) is 5.28. The standard InChI is InChI=1S/C16H12F4N2O2/c17-13-6-2-1-4-11(13)15(23)22-8-10(9-22)24-14-12(16(18,19)20)5-3-7-21-14/h1-7,10H,8-9H2. The number of aromatic nitrogens is 1. The van der Waals surface area contributed by atoms with E-state index in [4.69, 9.17) is 4.74 Å². The number of ether oxygens (including phenoxy) is 1. The fraction of sp³-hybridized carbons (Fsp3) is 0.250. The number of nitrogens with zero attached hydrogens (tertiary/aromatic N) is 2. The average molecular weight is 340 g/mol. The van der Waals surface area contributed by atoms with Crippen molar-refractivity contribution in [2.24, 2.45) is 0 Å². The van der Waals surface area contributed by atoms with Crippen molar-refractivity contribution in [2.45, 2.75) is 12.3 Å². The van der Waals surface area contributed by atoms with Gasteiger partial charge in [-0.1, -0.05) is 12.1 Å². The van der Waals surface area contributed by atoms with Gasteiger partial charge in [0.25, 0.3) is 5.91 Å². The molecule has 0 radical (unpaired) electrons. The Labute approximate surface area is 134 Å². The third-order valence-electron chi connectivity index (χ3n) is 3.59. The van der Waals surface area contributed by atoms with Crippen molar-refractivity contribution in [3.63, 3.8) is 0 Å². The normalized spacial score (nSPS) is 15.1. The fourth-order valence-corrected chi connectivity index (χ4v) is 2.34. The molecule has 0 spiro atoms. The molecule has 4 nitrogen and oxygen atoms in total. The van der Waals surface area contributed by atoms with Crippen molar-refractivity contribution in [1.82, 2.24) is 9.88 Å². The van der Waals surface area contributed by atoms with Gasteiger partial charge in [-0.25, -0.2) is 9.37 Å². The van der Waals surface area contributed by atoms with Crippen molar-refractivity contribution in [3.05, 3.63) is 59.5 Å². The summed E-state index contributed by atoms with van der Waals surface area (Å²) in [6, 6.07) is 7.58. The van der Waals surface area contributed by atoms with Gasteiger partial charge >= 0.3 is 6.18 Å². The number of halogens is 4. The van der Waals surface area contributed by atoms with Crippen molar-refractivity contribution in [2.75, 3.05) is 13.1 Å². The third-order valence-corrected chi connectivity index (χ3v) is 3.59. The Balaban J connectivity index is 1.64. The van der Waals surface area contributed by atoms with Gasteiger partial charge in [-0.15, -0.1) is 0 Å². The Morgan fingerprint density at radius 3 is 2.54 bits per heavy atom. The number of amides is 1. The number of carbonyl (C=O) groups excluding carboxylic acids is 1. The van der Waals surface area contributed by atoms with Crippen molar-refractivity contribution >= 4 is 5.91 Å². The highest BCUT2D eigenvalue weighted by Crippen LogP contribution is 2.35. The highest BCUT2D eigenvalue weighted by Gasteiger charge is 2.38.